The van der Waals surface area contributed by atoms with E-state index in [1.54, 1.807) is 7.11 Å². The van der Waals surface area contributed by atoms with Crippen molar-refractivity contribution in [3.8, 4) is 0 Å². The Hall–Kier alpha value is -1.10. The highest BCUT2D eigenvalue weighted by molar-refractivity contribution is 5.75. The van der Waals surface area contributed by atoms with Crippen molar-refractivity contribution in [3.63, 3.8) is 0 Å². The predicted octanol–water partition coefficient (Wildman–Crippen LogP) is 12.6. The number of amides is 1. The molecule has 1 unspecified atom stereocenters. The zero-order chi connectivity index (χ0) is 33.6. The maximum Gasteiger partial charge on any atom is 0.335 e. The minimum Gasteiger partial charge on any atom is -0.464 e. The first-order chi connectivity index (χ1) is 22.7. The largest absolute Gasteiger partial charge is 0.464 e. The molecule has 0 aliphatic rings. The quantitative estimate of drug-likeness (QED) is 0.0533. The molecule has 1 amide bonds. The van der Waals surface area contributed by atoms with Gasteiger partial charge in [0.25, 0.3) is 0 Å². The minimum atomic E-state index is -0.452. The molecule has 0 aliphatic heterocycles. The van der Waals surface area contributed by atoms with Crippen LogP contribution in [0.2, 0.25) is 0 Å². The number of unbranched alkanes of at least 4 members (excludes halogenated alkanes) is 28. The van der Waals surface area contributed by atoms with Gasteiger partial charge in [0, 0.05) is 20.1 Å². The molecule has 0 saturated carbocycles. The lowest BCUT2D eigenvalue weighted by Gasteiger charge is -2.14. The number of methoxy groups -OCH3 is 1. The van der Waals surface area contributed by atoms with E-state index in [4.69, 9.17) is 9.47 Å². The fourth-order valence-corrected chi connectivity index (χ4v) is 6.32. The van der Waals surface area contributed by atoms with Gasteiger partial charge in [0.2, 0.25) is 5.91 Å². The molecule has 0 aromatic rings. The summed E-state index contributed by atoms with van der Waals surface area (Å²) < 4.78 is 10.9. The first-order valence-corrected chi connectivity index (χ1v) is 20.6. The van der Waals surface area contributed by atoms with Crippen molar-refractivity contribution in [3.05, 3.63) is 0 Å². The Kier molecular flexibility index (Phi) is 37.4. The smallest absolute Gasteiger partial charge is 0.335 e. The minimum absolute atomic E-state index is 0.152. The van der Waals surface area contributed by atoms with Crippen molar-refractivity contribution >= 4 is 11.9 Å². The van der Waals surface area contributed by atoms with Crippen LogP contribution in [-0.4, -0.2) is 38.2 Å². The van der Waals surface area contributed by atoms with Crippen LogP contribution in [0.4, 0.5) is 0 Å². The van der Waals surface area contributed by atoms with Crippen molar-refractivity contribution in [2.75, 3.05) is 20.3 Å². The Bertz CT molecular complexity index is 626. The Morgan fingerprint density at radius 1 is 0.478 bits per heavy atom. The number of carbonyl (C=O) groups is 2. The number of hydrogen-bond donors (Lipinski definition) is 1. The van der Waals surface area contributed by atoms with E-state index in [1.165, 1.54) is 161 Å². The van der Waals surface area contributed by atoms with E-state index in [-0.39, 0.29) is 11.9 Å². The van der Waals surface area contributed by atoms with Gasteiger partial charge >= 0.3 is 5.97 Å². The molecule has 0 radical (unpaired) electrons. The van der Waals surface area contributed by atoms with Gasteiger partial charge in [-0.25, -0.2) is 4.79 Å². The summed E-state index contributed by atoms with van der Waals surface area (Å²) in [6.07, 6.45) is 41.2. The molecular formula is C41H81NO4. The standard InChI is InChI=1S/C41H81NO4/c1-4-6-8-10-12-14-16-18-20-22-24-26-28-30-32-36-40(43)42-37-33-34-38-46-41(44)39(45-3)35-31-29-27-25-23-21-19-17-15-13-11-9-7-5-2/h39H,4-38H2,1-3H3,(H,42,43). The third-order valence-corrected chi connectivity index (χ3v) is 9.51. The third kappa shape index (κ3) is 34.2. The highest BCUT2D eigenvalue weighted by Crippen LogP contribution is 2.16. The van der Waals surface area contributed by atoms with Gasteiger partial charge in [-0.15, -0.1) is 0 Å². The zero-order valence-electron chi connectivity index (χ0n) is 31.5. The van der Waals surface area contributed by atoms with E-state index in [2.05, 4.69) is 19.2 Å². The molecule has 5 heteroatoms. The maximum atomic E-state index is 12.4. The molecule has 0 spiro atoms. The molecule has 0 fully saturated rings. The topological polar surface area (TPSA) is 64.6 Å². The van der Waals surface area contributed by atoms with Crippen molar-refractivity contribution in [2.45, 2.75) is 232 Å². The zero-order valence-corrected chi connectivity index (χ0v) is 31.5. The molecule has 0 bridgehead atoms. The van der Waals surface area contributed by atoms with Gasteiger partial charge in [-0.1, -0.05) is 194 Å². The third-order valence-electron chi connectivity index (χ3n) is 9.51. The second-order valence-electron chi connectivity index (χ2n) is 14.0. The normalized spacial score (nSPS) is 12.0. The molecule has 46 heavy (non-hydrogen) atoms. The van der Waals surface area contributed by atoms with E-state index >= 15 is 0 Å². The van der Waals surface area contributed by atoms with Crippen LogP contribution in [0, 0.1) is 0 Å². The van der Waals surface area contributed by atoms with Gasteiger partial charge in [0.05, 0.1) is 6.61 Å². The Morgan fingerprint density at radius 3 is 1.24 bits per heavy atom. The summed E-state index contributed by atoms with van der Waals surface area (Å²) in [6, 6.07) is 0. The number of ether oxygens (including phenoxy) is 2. The number of esters is 1. The van der Waals surface area contributed by atoms with E-state index in [0.717, 1.165) is 44.9 Å². The van der Waals surface area contributed by atoms with Crippen LogP contribution in [-0.2, 0) is 19.1 Å². The number of hydrogen-bond acceptors (Lipinski definition) is 4. The molecule has 274 valence electrons. The van der Waals surface area contributed by atoms with Gasteiger partial charge in [-0.2, -0.15) is 0 Å². The average molecular weight is 652 g/mol. The van der Waals surface area contributed by atoms with Crippen LogP contribution in [0.5, 0.6) is 0 Å². The monoisotopic (exact) mass is 652 g/mol. The van der Waals surface area contributed by atoms with Gasteiger partial charge in [0.15, 0.2) is 6.10 Å². The maximum absolute atomic E-state index is 12.4. The van der Waals surface area contributed by atoms with Gasteiger partial charge in [0.1, 0.15) is 0 Å². The Morgan fingerprint density at radius 2 is 0.848 bits per heavy atom. The summed E-state index contributed by atoms with van der Waals surface area (Å²) in [5, 5.41) is 3.02. The second-order valence-corrected chi connectivity index (χ2v) is 14.0. The first kappa shape index (κ1) is 44.9. The summed E-state index contributed by atoms with van der Waals surface area (Å²) in [5.41, 5.74) is 0. The van der Waals surface area contributed by atoms with E-state index < -0.39 is 6.10 Å². The molecule has 0 heterocycles. The summed E-state index contributed by atoms with van der Waals surface area (Å²) >= 11 is 0. The lowest BCUT2D eigenvalue weighted by molar-refractivity contribution is -0.156. The Balaban J connectivity index is 3.45. The number of carbonyl (C=O) groups excluding carboxylic acids is 2. The summed E-state index contributed by atoms with van der Waals surface area (Å²) in [6.45, 7) is 5.61. The van der Waals surface area contributed by atoms with Crippen LogP contribution in [0.3, 0.4) is 0 Å². The second kappa shape index (κ2) is 38.3. The fourth-order valence-electron chi connectivity index (χ4n) is 6.32. The summed E-state index contributed by atoms with van der Waals surface area (Å²) in [5.74, 6) is -0.0892. The van der Waals surface area contributed by atoms with E-state index in [9.17, 15) is 9.59 Å². The predicted molar refractivity (Wildman–Crippen MR) is 198 cm³/mol. The van der Waals surface area contributed by atoms with Crippen LogP contribution in [0.25, 0.3) is 0 Å². The average Bonchev–Trinajstić information content (AvgIpc) is 3.06. The molecule has 0 aliphatic carbocycles. The van der Waals surface area contributed by atoms with Gasteiger partial charge in [-0.05, 0) is 25.7 Å². The molecule has 1 atom stereocenters. The van der Waals surface area contributed by atoms with Crippen LogP contribution in [0.15, 0.2) is 0 Å². The van der Waals surface area contributed by atoms with E-state index in [1.807, 2.05) is 0 Å². The number of rotatable bonds is 38. The summed E-state index contributed by atoms with van der Waals surface area (Å²) in [4.78, 5) is 24.5. The van der Waals surface area contributed by atoms with Gasteiger partial charge < -0.3 is 14.8 Å². The van der Waals surface area contributed by atoms with Gasteiger partial charge in [-0.3, -0.25) is 4.79 Å². The lowest BCUT2D eigenvalue weighted by atomic mass is 10.0. The molecule has 1 N–H and O–H groups in total. The highest BCUT2D eigenvalue weighted by Gasteiger charge is 2.18. The lowest BCUT2D eigenvalue weighted by Crippen LogP contribution is -2.26. The van der Waals surface area contributed by atoms with E-state index in [0.29, 0.717) is 19.6 Å². The fraction of sp³-hybridized carbons (Fsp3) is 0.951. The van der Waals surface area contributed by atoms with Crippen LogP contribution in [0.1, 0.15) is 226 Å². The Labute approximate surface area is 287 Å². The van der Waals surface area contributed by atoms with Crippen molar-refractivity contribution in [2.24, 2.45) is 0 Å². The van der Waals surface area contributed by atoms with Crippen molar-refractivity contribution in [1.82, 2.24) is 5.32 Å². The van der Waals surface area contributed by atoms with Crippen molar-refractivity contribution < 1.29 is 19.1 Å². The van der Waals surface area contributed by atoms with Crippen molar-refractivity contribution in [1.29, 1.82) is 0 Å². The molecule has 0 aromatic carbocycles. The molecule has 5 nitrogen and oxygen atoms in total. The molecule has 0 rings (SSSR count). The summed E-state index contributed by atoms with van der Waals surface area (Å²) in [7, 11) is 1.60. The molecule has 0 aromatic heterocycles. The van der Waals surface area contributed by atoms with Crippen LogP contribution < -0.4 is 5.32 Å². The highest BCUT2D eigenvalue weighted by atomic mass is 16.6. The first-order valence-electron chi connectivity index (χ1n) is 20.6. The molecule has 0 saturated heterocycles. The number of nitrogens with one attached hydrogen (secondary N) is 1. The molecular weight excluding hydrogens is 570 g/mol. The SMILES string of the molecule is CCCCCCCCCCCCCCCCCC(=O)NCCCCOC(=O)C(CCCCCCCCCCCCCCCC)OC. The van der Waals surface area contributed by atoms with Crippen LogP contribution >= 0.6 is 0 Å².